The number of nitrogens with zero attached hydrogens (tertiary/aromatic N) is 9. The topological polar surface area (TPSA) is 108 Å². The maximum atomic E-state index is 13.1. The molecule has 10 nitrogen and oxygen atoms in total. The number of carbonyl (C=O) groups is 1. The molecule has 0 saturated carbocycles. The van der Waals surface area contributed by atoms with Gasteiger partial charge in [-0.05, 0) is 44.2 Å². The number of aromatic nitrogens is 6. The Hall–Kier alpha value is -5.11. The molecule has 41 heavy (non-hydrogen) atoms. The van der Waals surface area contributed by atoms with Gasteiger partial charge in [-0.25, -0.2) is 13.9 Å². The Kier molecular flexibility index (Phi) is 6.89. The smallest absolute Gasteiger partial charge is 0.228 e. The van der Waals surface area contributed by atoms with Crippen LogP contribution in [-0.4, -0.2) is 66.3 Å². The van der Waals surface area contributed by atoms with Gasteiger partial charge in [-0.15, -0.1) is 0 Å². The molecular formula is C30H28FN9O. The summed E-state index contributed by atoms with van der Waals surface area (Å²) in [6.07, 6.45) is 10.4. The lowest BCUT2D eigenvalue weighted by Crippen LogP contribution is -2.49. The number of piperazine rings is 1. The van der Waals surface area contributed by atoms with Crippen LogP contribution in [0.15, 0.2) is 67.5 Å². The highest BCUT2D eigenvalue weighted by atomic mass is 19.1. The lowest BCUT2D eigenvalue weighted by molar-refractivity contribution is -0.130. The molecule has 0 bridgehead atoms. The molecule has 1 aliphatic rings. The summed E-state index contributed by atoms with van der Waals surface area (Å²) in [5.74, 6) is 0.379. The number of pyridine rings is 3. The van der Waals surface area contributed by atoms with Crippen molar-refractivity contribution < 1.29 is 9.18 Å². The summed E-state index contributed by atoms with van der Waals surface area (Å²) < 4.78 is 16.8. The number of nitriles is 1. The molecule has 5 aromatic heterocycles. The van der Waals surface area contributed by atoms with Crippen LogP contribution in [0.4, 0.5) is 10.2 Å². The van der Waals surface area contributed by atoms with E-state index in [2.05, 4.69) is 46.1 Å². The SMILES string of the molecule is CC(C)n1cc(-c2cc(-c3ccc(N4CCN(C(=O)Cc5ccc(F)cn5)CC4)nc3)c3c(C#N)cnn3c2)cn1. The highest BCUT2D eigenvalue weighted by Crippen LogP contribution is 2.32. The number of hydrogen-bond donors (Lipinski definition) is 0. The minimum Gasteiger partial charge on any atom is -0.353 e. The largest absolute Gasteiger partial charge is 0.353 e. The van der Waals surface area contributed by atoms with Gasteiger partial charge in [0.25, 0.3) is 0 Å². The predicted octanol–water partition coefficient (Wildman–Crippen LogP) is 4.14. The van der Waals surface area contributed by atoms with Crippen LogP contribution >= 0.6 is 0 Å². The van der Waals surface area contributed by atoms with E-state index in [-0.39, 0.29) is 18.4 Å². The second kappa shape index (κ2) is 10.8. The van der Waals surface area contributed by atoms with Crippen LogP contribution in [-0.2, 0) is 11.2 Å². The number of rotatable bonds is 6. The number of amides is 1. The van der Waals surface area contributed by atoms with Crippen molar-refractivity contribution in [1.29, 1.82) is 5.26 Å². The van der Waals surface area contributed by atoms with Crippen LogP contribution in [0.5, 0.6) is 0 Å². The molecule has 0 aliphatic carbocycles. The fourth-order valence-electron chi connectivity index (χ4n) is 5.05. The predicted molar refractivity (Wildman–Crippen MR) is 151 cm³/mol. The Labute approximate surface area is 236 Å². The van der Waals surface area contributed by atoms with Crippen molar-refractivity contribution in [3.63, 3.8) is 0 Å². The van der Waals surface area contributed by atoms with E-state index in [0.29, 0.717) is 37.4 Å². The maximum Gasteiger partial charge on any atom is 0.228 e. The van der Waals surface area contributed by atoms with E-state index in [0.717, 1.165) is 39.8 Å². The number of anilines is 1. The molecule has 1 fully saturated rings. The third kappa shape index (κ3) is 5.24. The zero-order chi connectivity index (χ0) is 28.5. The molecule has 1 aliphatic heterocycles. The number of fused-ring (bicyclic) bond motifs is 1. The Morgan fingerprint density at radius 3 is 2.44 bits per heavy atom. The lowest BCUT2D eigenvalue weighted by Gasteiger charge is -2.35. The fourth-order valence-corrected chi connectivity index (χ4v) is 5.05. The third-order valence-corrected chi connectivity index (χ3v) is 7.33. The zero-order valence-electron chi connectivity index (χ0n) is 22.8. The first kappa shape index (κ1) is 26.1. The van der Waals surface area contributed by atoms with Gasteiger partial charge >= 0.3 is 0 Å². The van der Waals surface area contributed by atoms with Gasteiger partial charge < -0.3 is 9.80 Å². The molecule has 0 unspecified atom stereocenters. The Morgan fingerprint density at radius 1 is 0.951 bits per heavy atom. The summed E-state index contributed by atoms with van der Waals surface area (Å²) in [5, 5.41) is 18.6. The molecule has 0 spiro atoms. The maximum absolute atomic E-state index is 13.1. The molecule has 206 valence electrons. The van der Waals surface area contributed by atoms with E-state index < -0.39 is 5.82 Å². The molecule has 0 N–H and O–H groups in total. The van der Waals surface area contributed by atoms with Crippen LogP contribution in [0.2, 0.25) is 0 Å². The molecule has 0 atom stereocenters. The summed E-state index contributed by atoms with van der Waals surface area (Å²) in [4.78, 5) is 25.4. The summed E-state index contributed by atoms with van der Waals surface area (Å²) in [7, 11) is 0. The van der Waals surface area contributed by atoms with Crippen molar-refractivity contribution in [3.8, 4) is 28.3 Å². The second-order valence-electron chi connectivity index (χ2n) is 10.3. The van der Waals surface area contributed by atoms with Gasteiger partial charge in [0.15, 0.2) is 0 Å². The van der Waals surface area contributed by atoms with Gasteiger partial charge in [0.05, 0.1) is 36.1 Å². The average Bonchev–Trinajstić information content (AvgIpc) is 3.66. The highest BCUT2D eigenvalue weighted by Gasteiger charge is 2.23. The molecule has 0 radical (unpaired) electrons. The molecule has 6 rings (SSSR count). The minimum absolute atomic E-state index is 0.0241. The summed E-state index contributed by atoms with van der Waals surface area (Å²) in [6.45, 7) is 6.59. The number of hydrogen-bond acceptors (Lipinski definition) is 7. The van der Waals surface area contributed by atoms with E-state index in [1.807, 2.05) is 46.5 Å². The Bertz CT molecular complexity index is 1740. The van der Waals surface area contributed by atoms with Crippen LogP contribution < -0.4 is 4.90 Å². The number of carbonyl (C=O) groups excluding carboxylic acids is 1. The van der Waals surface area contributed by atoms with Crippen LogP contribution in [0.1, 0.15) is 31.1 Å². The van der Waals surface area contributed by atoms with E-state index in [1.54, 1.807) is 16.8 Å². The highest BCUT2D eigenvalue weighted by molar-refractivity contribution is 5.87. The molecule has 11 heteroatoms. The Balaban J connectivity index is 1.20. The van der Waals surface area contributed by atoms with E-state index in [9.17, 15) is 14.4 Å². The second-order valence-corrected chi connectivity index (χ2v) is 10.3. The van der Waals surface area contributed by atoms with Gasteiger partial charge in [0.1, 0.15) is 17.7 Å². The van der Waals surface area contributed by atoms with E-state index >= 15 is 0 Å². The van der Waals surface area contributed by atoms with Crippen molar-refractivity contribution in [2.75, 3.05) is 31.1 Å². The van der Waals surface area contributed by atoms with Crippen LogP contribution in [0.25, 0.3) is 27.8 Å². The monoisotopic (exact) mass is 549 g/mol. The fraction of sp³-hybridized carbons (Fsp3) is 0.267. The standard InChI is InChI=1S/C30H28FN9O/c1-20(2)39-19-24(16-35-39)22-11-27(30-23(13-32)15-36-40(30)18-22)21-3-6-28(34-14-21)37-7-9-38(10-8-37)29(41)12-26-5-4-25(31)17-33-26/h3-6,11,14-20H,7-10,12H2,1-2H3. The van der Waals surface area contributed by atoms with Gasteiger partial charge in [-0.2, -0.15) is 15.5 Å². The van der Waals surface area contributed by atoms with Crippen LogP contribution in [0.3, 0.4) is 0 Å². The molecule has 0 aromatic carbocycles. The molecule has 1 saturated heterocycles. The van der Waals surface area contributed by atoms with Gasteiger partial charge in [-0.1, -0.05) is 0 Å². The first-order valence-electron chi connectivity index (χ1n) is 13.4. The normalized spacial score (nSPS) is 13.6. The molecule has 6 heterocycles. The van der Waals surface area contributed by atoms with Gasteiger partial charge in [-0.3, -0.25) is 14.5 Å². The minimum atomic E-state index is -0.417. The van der Waals surface area contributed by atoms with Crippen molar-refractivity contribution in [1.82, 2.24) is 34.3 Å². The first-order valence-corrected chi connectivity index (χ1v) is 13.4. The molecule has 5 aromatic rings. The summed E-state index contributed by atoms with van der Waals surface area (Å²) >= 11 is 0. The Morgan fingerprint density at radius 2 is 1.78 bits per heavy atom. The summed E-state index contributed by atoms with van der Waals surface area (Å²) in [6, 6.07) is 11.4. The number of halogens is 1. The quantitative estimate of drug-likeness (QED) is 0.313. The van der Waals surface area contributed by atoms with Crippen molar-refractivity contribution in [2.45, 2.75) is 26.3 Å². The first-order chi connectivity index (χ1) is 19.9. The van der Waals surface area contributed by atoms with Crippen molar-refractivity contribution in [3.05, 3.63) is 84.6 Å². The van der Waals surface area contributed by atoms with Gasteiger partial charge in [0, 0.05) is 78.8 Å². The average molecular weight is 550 g/mol. The zero-order valence-corrected chi connectivity index (χ0v) is 22.8. The van der Waals surface area contributed by atoms with E-state index in [1.165, 1.54) is 6.07 Å². The van der Waals surface area contributed by atoms with Gasteiger partial charge in [0.2, 0.25) is 5.91 Å². The molecular weight excluding hydrogens is 521 g/mol. The van der Waals surface area contributed by atoms with Crippen LogP contribution in [0, 0.1) is 17.1 Å². The summed E-state index contributed by atoms with van der Waals surface area (Å²) in [5.41, 5.74) is 5.40. The van der Waals surface area contributed by atoms with E-state index in [4.69, 9.17) is 4.98 Å². The molecule has 1 amide bonds. The van der Waals surface area contributed by atoms with Crippen molar-refractivity contribution >= 4 is 17.2 Å². The lowest BCUT2D eigenvalue weighted by atomic mass is 10.0. The van der Waals surface area contributed by atoms with Crippen molar-refractivity contribution in [2.24, 2.45) is 0 Å². The third-order valence-electron chi connectivity index (χ3n) is 7.33.